The molecule has 1 aromatic rings. The van der Waals surface area contributed by atoms with Gasteiger partial charge >= 0.3 is 0 Å². The summed E-state index contributed by atoms with van der Waals surface area (Å²) in [6.07, 6.45) is 5.84. The van der Waals surface area contributed by atoms with Crippen LogP contribution in [0.4, 0.5) is 0 Å². The molecule has 0 amide bonds. The second-order valence-corrected chi connectivity index (χ2v) is 3.10. The Morgan fingerprint density at radius 2 is 1.77 bits per heavy atom. The van der Waals surface area contributed by atoms with Gasteiger partial charge in [0.05, 0.1) is 0 Å². The van der Waals surface area contributed by atoms with Crippen LogP contribution in [0, 0.1) is 13.8 Å². The number of rotatable bonds is 2. The molecule has 0 unspecified atom stereocenters. The lowest BCUT2D eigenvalue weighted by Crippen LogP contribution is -1.86. The van der Waals surface area contributed by atoms with Crippen LogP contribution < -0.4 is 0 Å². The lowest BCUT2D eigenvalue weighted by Gasteiger charge is -1.89. The summed E-state index contributed by atoms with van der Waals surface area (Å²) < 4.78 is 0. The fourth-order valence-corrected chi connectivity index (χ4v) is 0.928. The molecule has 13 heavy (non-hydrogen) atoms. The number of unbranched alkanes of at least 4 members (excludes halogenated alkanes) is 2. The van der Waals surface area contributed by atoms with E-state index in [2.05, 4.69) is 23.8 Å². The molecule has 0 saturated carbocycles. The van der Waals surface area contributed by atoms with Crippen LogP contribution in [-0.2, 0) is 0 Å². The molecule has 1 heterocycles. The van der Waals surface area contributed by atoms with E-state index in [4.69, 9.17) is 0 Å². The zero-order valence-electron chi connectivity index (χ0n) is 9.17. The van der Waals surface area contributed by atoms with Gasteiger partial charge in [0.25, 0.3) is 0 Å². The van der Waals surface area contributed by atoms with E-state index < -0.39 is 0 Å². The molecule has 2 heteroatoms. The van der Waals surface area contributed by atoms with Gasteiger partial charge in [0.15, 0.2) is 0 Å². The van der Waals surface area contributed by atoms with Crippen LogP contribution in [0.1, 0.15) is 44.6 Å². The van der Waals surface area contributed by atoms with Gasteiger partial charge in [-0.1, -0.05) is 33.1 Å². The maximum absolute atomic E-state index is 4.06. The minimum Gasteiger partial charge on any atom is -0.242 e. The highest BCUT2D eigenvalue weighted by Crippen LogP contribution is 1.89. The Morgan fingerprint density at radius 1 is 1.15 bits per heavy atom. The van der Waals surface area contributed by atoms with Gasteiger partial charge in [0.2, 0.25) is 0 Å². The van der Waals surface area contributed by atoms with Gasteiger partial charge in [-0.2, -0.15) is 0 Å². The van der Waals surface area contributed by atoms with Crippen molar-refractivity contribution in [1.82, 2.24) is 9.97 Å². The summed E-state index contributed by atoms with van der Waals surface area (Å²) in [5, 5.41) is 0. The van der Waals surface area contributed by atoms with E-state index in [9.17, 15) is 0 Å². The minimum absolute atomic E-state index is 0.838. The first-order valence-corrected chi connectivity index (χ1v) is 4.97. The molecule has 74 valence electrons. The largest absolute Gasteiger partial charge is 0.242 e. The Balaban J connectivity index is 0.000000252. The van der Waals surface area contributed by atoms with Gasteiger partial charge in [-0.25, -0.2) is 9.97 Å². The van der Waals surface area contributed by atoms with Crippen LogP contribution >= 0.6 is 0 Å². The van der Waals surface area contributed by atoms with Crippen molar-refractivity contribution >= 4 is 0 Å². The van der Waals surface area contributed by atoms with Crippen LogP contribution in [0.5, 0.6) is 0 Å². The molecule has 1 aromatic heterocycles. The normalized spacial score (nSPS) is 8.92. The fraction of sp³-hybridized carbons (Fsp3) is 0.636. The Morgan fingerprint density at radius 3 is 2.00 bits per heavy atom. The van der Waals surface area contributed by atoms with Gasteiger partial charge in [-0.05, 0) is 19.9 Å². The zero-order valence-corrected chi connectivity index (χ0v) is 9.17. The highest BCUT2D eigenvalue weighted by atomic mass is 14.9. The van der Waals surface area contributed by atoms with Gasteiger partial charge in [0, 0.05) is 11.9 Å². The van der Waals surface area contributed by atoms with E-state index in [1.165, 1.54) is 19.3 Å². The van der Waals surface area contributed by atoms with Gasteiger partial charge < -0.3 is 0 Å². The Bertz CT molecular complexity index is 202. The number of hydrogen-bond acceptors (Lipinski definition) is 2. The van der Waals surface area contributed by atoms with Crippen LogP contribution in [0.15, 0.2) is 12.3 Å². The molecule has 0 N–H and O–H groups in total. The summed E-state index contributed by atoms with van der Waals surface area (Å²) in [6, 6.07) is 1.88. The third-order valence-electron chi connectivity index (χ3n) is 1.62. The van der Waals surface area contributed by atoms with Crippen molar-refractivity contribution in [2.75, 3.05) is 0 Å². The highest BCUT2D eigenvalue weighted by molar-refractivity contribution is 4.97. The molecular formula is C11H20N2. The summed E-state index contributed by atoms with van der Waals surface area (Å²) in [5.74, 6) is 0.838. The number of hydrogen-bond donors (Lipinski definition) is 0. The molecule has 1 rings (SSSR count). The standard InChI is InChI=1S/C6H8N2.C5H12/c1-5-3-4-7-6(2)8-5;1-3-5-4-2/h3-4H,1-2H3;3-5H2,1-2H3. The fourth-order valence-electron chi connectivity index (χ4n) is 0.928. The predicted octanol–water partition coefficient (Wildman–Crippen LogP) is 3.29. The van der Waals surface area contributed by atoms with Gasteiger partial charge in [-0.15, -0.1) is 0 Å². The first-order chi connectivity index (χ1) is 6.20. The summed E-state index contributed by atoms with van der Waals surface area (Å²) in [6.45, 7) is 8.26. The lowest BCUT2D eigenvalue weighted by molar-refractivity contribution is 0.772. The molecule has 0 aliphatic carbocycles. The zero-order chi connectivity index (χ0) is 10.1. The first kappa shape index (κ1) is 12.1. The van der Waals surface area contributed by atoms with Crippen molar-refractivity contribution in [3.05, 3.63) is 23.8 Å². The van der Waals surface area contributed by atoms with Crippen LogP contribution in [0.25, 0.3) is 0 Å². The molecule has 0 saturated heterocycles. The molecule has 0 fully saturated rings. The summed E-state index contributed by atoms with van der Waals surface area (Å²) in [4.78, 5) is 7.99. The minimum atomic E-state index is 0.838. The Kier molecular flexibility index (Phi) is 7.17. The van der Waals surface area contributed by atoms with Crippen molar-refractivity contribution in [2.45, 2.75) is 47.0 Å². The summed E-state index contributed by atoms with van der Waals surface area (Å²) in [5.41, 5.74) is 1.03. The van der Waals surface area contributed by atoms with Crippen molar-refractivity contribution in [3.63, 3.8) is 0 Å². The first-order valence-electron chi connectivity index (χ1n) is 4.97. The maximum Gasteiger partial charge on any atom is 0.125 e. The van der Waals surface area contributed by atoms with Crippen LogP contribution in [-0.4, -0.2) is 9.97 Å². The quantitative estimate of drug-likeness (QED) is 0.698. The molecule has 0 radical (unpaired) electrons. The average molecular weight is 180 g/mol. The van der Waals surface area contributed by atoms with Crippen molar-refractivity contribution < 1.29 is 0 Å². The maximum atomic E-state index is 4.06. The molecular weight excluding hydrogens is 160 g/mol. The van der Waals surface area contributed by atoms with Gasteiger partial charge in [0.1, 0.15) is 5.82 Å². The van der Waals surface area contributed by atoms with Gasteiger partial charge in [-0.3, -0.25) is 0 Å². The Hall–Kier alpha value is -0.920. The molecule has 0 bridgehead atoms. The van der Waals surface area contributed by atoms with Crippen molar-refractivity contribution in [1.29, 1.82) is 0 Å². The van der Waals surface area contributed by atoms with E-state index in [1.54, 1.807) is 6.20 Å². The third kappa shape index (κ3) is 7.44. The second-order valence-electron chi connectivity index (χ2n) is 3.10. The van der Waals surface area contributed by atoms with Crippen molar-refractivity contribution in [3.8, 4) is 0 Å². The summed E-state index contributed by atoms with van der Waals surface area (Å²) >= 11 is 0. The molecule has 0 aliphatic rings. The number of nitrogens with zero attached hydrogens (tertiary/aromatic N) is 2. The highest BCUT2D eigenvalue weighted by Gasteiger charge is 1.83. The van der Waals surface area contributed by atoms with Crippen LogP contribution in [0.3, 0.4) is 0 Å². The van der Waals surface area contributed by atoms with Crippen molar-refractivity contribution in [2.24, 2.45) is 0 Å². The van der Waals surface area contributed by atoms with E-state index in [0.717, 1.165) is 11.5 Å². The topological polar surface area (TPSA) is 25.8 Å². The predicted molar refractivity (Wildman–Crippen MR) is 56.7 cm³/mol. The lowest BCUT2D eigenvalue weighted by atomic mass is 10.3. The molecule has 0 atom stereocenters. The molecule has 0 spiro atoms. The van der Waals surface area contributed by atoms with E-state index in [-0.39, 0.29) is 0 Å². The monoisotopic (exact) mass is 180 g/mol. The molecule has 2 nitrogen and oxygen atoms in total. The van der Waals surface area contributed by atoms with Crippen LogP contribution in [0.2, 0.25) is 0 Å². The number of aromatic nitrogens is 2. The van der Waals surface area contributed by atoms with E-state index in [1.807, 2.05) is 19.9 Å². The summed E-state index contributed by atoms with van der Waals surface area (Å²) in [7, 11) is 0. The molecule has 0 aliphatic heterocycles. The van der Waals surface area contributed by atoms with E-state index in [0.29, 0.717) is 0 Å². The smallest absolute Gasteiger partial charge is 0.125 e. The van der Waals surface area contributed by atoms with E-state index >= 15 is 0 Å². The second kappa shape index (κ2) is 7.71. The SMILES string of the molecule is CCCCC.Cc1ccnc(C)n1. The third-order valence-corrected chi connectivity index (χ3v) is 1.62. The molecule has 0 aromatic carbocycles. The average Bonchev–Trinajstić information content (AvgIpc) is 2.06. The Labute approximate surface area is 81.4 Å². The number of aryl methyl sites for hydroxylation is 2.